The van der Waals surface area contributed by atoms with Crippen LogP contribution in [0.5, 0.6) is 0 Å². The van der Waals surface area contributed by atoms with Gasteiger partial charge in [0.05, 0.1) is 10.6 Å². The lowest BCUT2D eigenvalue weighted by molar-refractivity contribution is 0.246. The van der Waals surface area contributed by atoms with E-state index in [0.29, 0.717) is 17.8 Å². The molecule has 0 bridgehead atoms. The summed E-state index contributed by atoms with van der Waals surface area (Å²) >= 11 is 0. The predicted octanol–water partition coefficient (Wildman–Crippen LogP) is 3.58. The van der Waals surface area contributed by atoms with Crippen molar-refractivity contribution in [3.63, 3.8) is 0 Å². The predicted molar refractivity (Wildman–Crippen MR) is 111 cm³/mol. The van der Waals surface area contributed by atoms with Crippen molar-refractivity contribution in [1.29, 1.82) is 0 Å². The molecule has 0 amide bonds. The zero-order valence-electron chi connectivity index (χ0n) is 15.9. The molecule has 1 aliphatic rings. The molecule has 0 aliphatic carbocycles. The molecule has 152 valence electrons. The summed E-state index contributed by atoms with van der Waals surface area (Å²) in [4.78, 5) is 0.193. The molecular weight excluding hydrogens is 396 g/mol. The monoisotopic (exact) mass is 422 g/mol. The zero-order valence-corrected chi connectivity index (χ0v) is 17.5. The van der Waals surface area contributed by atoms with Crippen LogP contribution in [0.2, 0.25) is 0 Å². The maximum absolute atomic E-state index is 13.0. The van der Waals surface area contributed by atoms with Gasteiger partial charge >= 0.3 is 0 Å². The van der Waals surface area contributed by atoms with Crippen molar-refractivity contribution >= 4 is 25.7 Å². The molecule has 0 saturated carbocycles. The van der Waals surface area contributed by atoms with Crippen LogP contribution < -0.4 is 4.72 Å². The molecule has 2 aromatic rings. The fourth-order valence-corrected chi connectivity index (χ4v) is 6.50. The van der Waals surface area contributed by atoms with Crippen LogP contribution in [0.4, 0.5) is 5.69 Å². The third-order valence-corrected chi connectivity index (χ3v) is 8.20. The standard InChI is InChI=1S/C20H26N2O4S2/c1-2-19-10-6-7-15-22(19)28(25,26)20-13-11-18(12-14-20)21-27(23,24)16-17-8-4-3-5-9-17/h3-5,8-9,11-14,19,21H,2,6-7,10,15-16H2,1H3. The van der Waals surface area contributed by atoms with E-state index in [1.54, 1.807) is 28.6 Å². The Morgan fingerprint density at radius 2 is 1.64 bits per heavy atom. The molecule has 0 radical (unpaired) electrons. The van der Waals surface area contributed by atoms with Gasteiger partial charge in [-0.05, 0) is 49.1 Å². The number of nitrogens with zero attached hydrogens (tertiary/aromatic N) is 1. The van der Waals surface area contributed by atoms with Gasteiger partial charge in [0.15, 0.2) is 0 Å². The molecule has 8 heteroatoms. The van der Waals surface area contributed by atoms with Crippen molar-refractivity contribution in [3.8, 4) is 0 Å². The quantitative estimate of drug-likeness (QED) is 0.739. The highest BCUT2D eigenvalue weighted by Gasteiger charge is 2.32. The summed E-state index contributed by atoms with van der Waals surface area (Å²) in [6.45, 7) is 2.54. The second-order valence-electron chi connectivity index (χ2n) is 7.04. The summed E-state index contributed by atoms with van der Waals surface area (Å²) in [5, 5.41) is 0. The van der Waals surface area contributed by atoms with Gasteiger partial charge in [0.1, 0.15) is 0 Å². The highest BCUT2D eigenvalue weighted by molar-refractivity contribution is 7.92. The van der Waals surface area contributed by atoms with Crippen molar-refractivity contribution in [3.05, 3.63) is 60.2 Å². The minimum Gasteiger partial charge on any atom is -0.283 e. The van der Waals surface area contributed by atoms with Gasteiger partial charge in [-0.25, -0.2) is 16.8 Å². The van der Waals surface area contributed by atoms with Crippen LogP contribution in [0.25, 0.3) is 0 Å². The van der Waals surface area contributed by atoms with E-state index in [0.717, 1.165) is 25.7 Å². The minimum atomic E-state index is -3.58. The fraction of sp³-hybridized carbons (Fsp3) is 0.400. The van der Waals surface area contributed by atoms with Gasteiger partial charge in [-0.2, -0.15) is 4.31 Å². The lowest BCUT2D eigenvalue weighted by Crippen LogP contribution is -2.43. The molecule has 1 N–H and O–H groups in total. The van der Waals surface area contributed by atoms with E-state index in [9.17, 15) is 16.8 Å². The number of nitrogens with one attached hydrogen (secondary N) is 1. The van der Waals surface area contributed by atoms with Crippen LogP contribution in [-0.4, -0.2) is 33.7 Å². The average molecular weight is 423 g/mol. The smallest absolute Gasteiger partial charge is 0.243 e. The van der Waals surface area contributed by atoms with Gasteiger partial charge in [-0.15, -0.1) is 0 Å². The number of anilines is 1. The topological polar surface area (TPSA) is 83.6 Å². The molecule has 0 aromatic heterocycles. The molecule has 1 heterocycles. The molecule has 1 unspecified atom stereocenters. The molecule has 6 nitrogen and oxygen atoms in total. The van der Waals surface area contributed by atoms with E-state index >= 15 is 0 Å². The van der Waals surface area contributed by atoms with Crippen molar-refractivity contribution in [2.75, 3.05) is 11.3 Å². The normalized spacial score (nSPS) is 18.7. The molecular formula is C20H26N2O4S2. The highest BCUT2D eigenvalue weighted by Crippen LogP contribution is 2.27. The highest BCUT2D eigenvalue weighted by atomic mass is 32.2. The van der Waals surface area contributed by atoms with Gasteiger partial charge in [-0.3, -0.25) is 4.72 Å². The number of rotatable bonds is 7. The van der Waals surface area contributed by atoms with Gasteiger partial charge in [0.25, 0.3) is 0 Å². The lowest BCUT2D eigenvalue weighted by atomic mass is 10.0. The first-order chi connectivity index (χ1) is 13.3. The van der Waals surface area contributed by atoms with Crippen molar-refractivity contribution in [1.82, 2.24) is 4.31 Å². The Morgan fingerprint density at radius 1 is 0.964 bits per heavy atom. The summed E-state index contributed by atoms with van der Waals surface area (Å²) < 4.78 is 54.7. The molecule has 2 aromatic carbocycles. The molecule has 1 aliphatic heterocycles. The third kappa shape index (κ3) is 4.92. The lowest BCUT2D eigenvalue weighted by Gasteiger charge is -2.34. The second-order valence-corrected chi connectivity index (χ2v) is 10.7. The summed E-state index contributed by atoms with van der Waals surface area (Å²) in [6, 6.07) is 14.9. The summed E-state index contributed by atoms with van der Waals surface area (Å²) in [7, 11) is -7.16. The minimum absolute atomic E-state index is 0.0304. The van der Waals surface area contributed by atoms with Crippen molar-refractivity contribution in [2.45, 2.75) is 49.3 Å². The van der Waals surface area contributed by atoms with Crippen LogP contribution in [0.3, 0.4) is 0 Å². The SMILES string of the molecule is CCC1CCCCN1S(=O)(=O)c1ccc(NS(=O)(=O)Cc2ccccc2)cc1. The van der Waals surface area contributed by atoms with E-state index in [4.69, 9.17) is 0 Å². The van der Waals surface area contributed by atoms with Gasteiger partial charge < -0.3 is 0 Å². The first-order valence-electron chi connectivity index (χ1n) is 9.48. The Hall–Kier alpha value is -1.90. The Bertz CT molecular complexity index is 988. The number of hydrogen-bond acceptors (Lipinski definition) is 4. The van der Waals surface area contributed by atoms with Crippen LogP contribution in [-0.2, 0) is 25.8 Å². The Kier molecular flexibility index (Phi) is 6.42. The maximum Gasteiger partial charge on any atom is 0.243 e. The fourth-order valence-electron chi connectivity index (χ4n) is 3.54. The van der Waals surface area contributed by atoms with Crippen LogP contribution >= 0.6 is 0 Å². The van der Waals surface area contributed by atoms with Gasteiger partial charge in [0.2, 0.25) is 20.0 Å². The first-order valence-corrected chi connectivity index (χ1v) is 12.6. The number of piperidine rings is 1. The molecule has 28 heavy (non-hydrogen) atoms. The number of benzene rings is 2. The average Bonchev–Trinajstić information content (AvgIpc) is 2.68. The van der Waals surface area contributed by atoms with Crippen molar-refractivity contribution in [2.24, 2.45) is 0 Å². The zero-order chi connectivity index (χ0) is 20.2. The maximum atomic E-state index is 13.0. The van der Waals surface area contributed by atoms with E-state index < -0.39 is 20.0 Å². The van der Waals surface area contributed by atoms with E-state index in [1.807, 2.05) is 13.0 Å². The summed E-state index contributed by atoms with van der Waals surface area (Å²) in [6.07, 6.45) is 3.59. The second kappa shape index (κ2) is 8.63. The van der Waals surface area contributed by atoms with Crippen LogP contribution in [0.15, 0.2) is 59.5 Å². The number of sulfonamides is 2. The first kappa shape index (κ1) is 20.8. The molecule has 1 atom stereocenters. The van der Waals surface area contributed by atoms with Gasteiger partial charge in [0, 0.05) is 18.3 Å². The van der Waals surface area contributed by atoms with E-state index in [-0.39, 0.29) is 16.7 Å². The Morgan fingerprint density at radius 3 is 2.29 bits per heavy atom. The molecule has 3 rings (SSSR count). The van der Waals surface area contributed by atoms with E-state index in [1.165, 1.54) is 24.3 Å². The molecule has 1 saturated heterocycles. The van der Waals surface area contributed by atoms with Crippen LogP contribution in [0.1, 0.15) is 38.2 Å². The Balaban J connectivity index is 1.74. The summed E-state index contributed by atoms with van der Waals surface area (Å²) in [5.74, 6) is -0.139. The van der Waals surface area contributed by atoms with Gasteiger partial charge in [-0.1, -0.05) is 43.7 Å². The van der Waals surface area contributed by atoms with Crippen LogP contribution in [0, 0.1) is 0 Å². The van der Waals surface area contributed by atoms with E-state index in [2.05, 4.69) is 4.72 Å². The molecule has 0 spiro atoms. The Labute approximate surface area is 167 Å². The number of hydrogen-bond donors (Lipinski definition) is 1. The van der Waals surface area contributed by atoms with Crippen molar-refractivity contribution < 1.29 is 16.8 Å². The molecule has 1 fully saturated rings. The summed E-state index contributed by atoms with van der Waals surface area (Å²) in [5.41, 5.74) is 1.03. The largest absolute Gasteiger partial charge is 0.283 e. The third-order valence-electron chi connectivity index (χ3n) is 4.98.